The van der Waals surface area contributed by atoms with Crippen molar-refractivity contribution in [1.82, 2.24) is 16.0 Å². The van der Waals surface area contributed by atoms with Crippen LogP contribution in [0.1, 0.15) is 52.9 Å². The number of carboxylic acid groups (broad SMARTS) is 2. The predicted octanol–water partition coefficient (Wildman–Crippen LogP) is -1.48. The molecular weight excluding hydrogens is 410 g/mol. The molecular formula is C19H35N5O7. The van der Waals surface area contributed by atoms with Crippen LogP contribution in [-0.2, 0) is 24.0 Å². The van der Waals surface area contributed by atoms with Gasteiger partial charge < -0.3 is 37.6 Å². The molecule has 4 unspecified atom stereocenters. The summed E-state index contributed by atoms with van der Waals surface area (Å²) in [5.41, 5.74) is 11.0. The van der Waals surface area contributed by atoms with E-state index in [1.807, 2.05) is 13.8 Å². The van der Waals surface area contributed by atoms with E-state index in [1.165, 1.54) is 6.92 Å². The molecule has 31 heavy (non-hydrogen) atoms. The van der Waals surface area contributed by atoms with Crippen LogP contribution in [0.2, 0.25) is 0 Å². The fraction of sp³-hybridized carbons (Fsp3) is 0.737. The van der Waals surface area contributed by atoms with Crippen molar-refractivity contribution in [3.8, 4) is 0 Å². The molecule has 0 aromatic rings. The van der Waals surface area contributed by atoms with Gasteiger partial charge in [0.25, 0.3) is 0 Å². The molecule has 0 rings (SSSR count). The Morgan fingerprint density at radius 2 is 1.42 bits per heavy atom. The molecule has 0 aliphatic carbocycles. The molecule has 3 amide bonds. The first-order chi connectivity index (χ1) is 14.4. The van der Waals surface area contributed by atoms with E-state index in [9.17, 15) is 29.1 Å². The van der Waals surface area contributed by atoms with Gasteiger partial charge in [-0.25, -0.2) is 4.79 Å². The van der Waals surface area contributed by atoms with E-state index >= 15 is 0 Å². The number of hydrogen-bond donors (Lipinski definition) is 7. The van der Waals surface area contributed by atoms with Crippen LogP contribution in [0.15, 0.2) is 0 Å². The lowest BCUT2D eigenvalue weighted by Gasteiger charge is -2.23. The molecule has 178 valence electrons. The lowest BCUT2D eigenvalue weighted by Crippen LogP contribution is -2.56. The molecule has 0 aliphatic heterocycles. The number of hydrogen-bond acceptors (Lipinski definition) is 7. The van der Waals surface area contributed by atoms with Crippen molar-refractivity contribution in [2.75, 3.05) is 6.54 Å². The highest BCUT2D eigenvalue weighted by molar-refractivity contribution is 5.94. The second-order valence-electron chi connectivity index (χ2n) is 7.81. The van der Waals surface area contributed by atoms with Gasteiger partial charge in [0.2, 0.25) is 17.7 Å². The van der Waals surface area contributed by atoms with Gasteiger partial charge >= 0.3 is 11.9 Å². The van der Waals surface area contributed by atoms with Crippen LogP contribution in [0.4, 0.5) is 0 Å². The standard InChI is InChI=1S/C19H35N5O7/c1-10(2)8-14(19(30)31)24-16(27)11(3)22-18(29)13(6-4-5-7-20)23-17(28)12(21)9-15(25)26/h10-14H,4-9,20-21H2,1-3H3,(H,22,29)(H,23,28)(H,24,27)(H,25,26)(H,30,31). The first-order valence-corrected chi connectivity index (χ1v) is 10.2. The lowest BCUT2D eigenvalue weighted by molar-refractivity contribution is -0.142. The second kappa shape index (κ2) is 14.3. The monoisotopic (exact) mass is 445 g/mol. The Morgan fingerprint density at radius 1 is 0.839 bits per heavy atom. The van der Waals surface area contributed by atoms with E-state index < -0.39 is 60.2 Å². The molecule has 0 saturated carbocycles. The minimum Gasteiger partial charge on any atom is -0.481 e. The van der Waals surface area contributed by atoms with Crippen molar-refractivity contribution in [2.45, 2.75) is 77.0 Å². The first-order valence-electron chi connectivity index (χ1n) is 10.2. The molecule has 0 aliphatic rings. The van der Waals surface area contributed by atoms with Crippen molar-refractivity contribution in [3.63, 3.8) is 0 Å². The van der Waals surface area contributed by atoms with Gasteiger partial charge in [-0.3, -0.25) is 19.2 Å². The largest absolute Gasteiger partial charge is 0.481 e. The maximum absolute atomic E-state index is 12.6. The van der Waals surface area contributed by atoms with E-state index in [0.717, 1.165) is 0 Å². The summed E-state index contributed by atoms with van der Waals surface area (Å²) in [6, 6.07) is -4.56. The molecule has 0 bridgehead atoms. The Hall–Kier alpha value is -2.73. The third-order valence-electron chi connectivity index (χ3n) is 4.38. The molecule has 12 nitrogen and oxygen atoms in total. The fourth-order valence-electron chi connectivity index (χ4n) is 2.69. The van der Waals surface area contributed by atoms with Crippen molar-refractivity contribution in [2.24, 2.45) is 17.4 Å². The summed E-state index contributed by atoms with van der Waals surface area (Å²) < 4.78 is 0. The molecule has 9 N–H and O–H groups in total. The van der Waals surface area contributed by atoms with E-state index in [1.54, 1.807) is 0 Å². The highest BCUT2D eigenvalue weighted by Gasteiger charge is 2.28. The van der Waals surface area contributed by atoms with Gasteiger partial charge in [-0.1, -0.05) is 13.8 Å². The third-order valence-corrected chi connectivity index (χ3v) is 4.38. The average Bonchev–Trinajstić information content (AvgIpc) is 2.65. The topological polar surface area (TPSA) is 214 Å². The van der Waals surface area contributed by atoms with Gasteiger partial charge in [0.15, 0.2) is 0 Å². The lowest BCUT2D eigenvalue weighted by atomic mass is 10.0. The number of carboxylic acids is 2. The molecule has 0 spiro atoms. The third kappa shape index (κ3) is 11.9. The first kappa shape index (κ1) is 28.3. The Bertz CT molecular complexity index is 641. The number of nitrogens with two attached hydrogens (primary N) is 2. The molecule has 0 heterocycles. The number of unbranched alkanes of at least 4 members (excludes halogenated alkanes) is 1. The van der Waals surface area contributed by atoms with Crippen LogP contribution in [-0.4, -0.2) is 70.6 Å². The van der Waals surface area contributed by atoms with Crippen molar-refractivity contribution in [1.29, 1.82) is 0 Å². The minimum absolute atomic E-state index is 0.0310. The summed E-state index contributed by atoms with van der Waals surface area (Å²) in [5.74, 6) is -4.58. The van der Waals surface area contributed by atoms with Crippen molar-refractivity contribution >= 4 is 29.7 Å². The average molecular weight is 446 g/mol. The summed E-state index contributed by atoms with van der Waals surface area (Å²) in [6.45, 7) is 5.40. The molecule has 0 aromatic carbocycles. The number of carbonyl (C=O) groups excluding carboxylic acids is 3. The quantitative estimate of drug-likeness (QED) is 0.146. The smallest absolute Gasteiger partial charge is 0.326 e. The minimum atomic E-state index is -1.34. The summed E-state index contributed by atoms with van der Waals surface area (Å²) in [4.78, 5) is 59.1. The van der Waals surface area contributed by atoms with Crippen LogP contribution >= 0.6 is 0 Å². The van der Waals surface area contributed by atoms with Crippen LogP contribution in [0.25, 0.3) is 0 Å². The van der Waals surface area contributed by atoms with Gasteiger partial charge in [0.05, 0.1) is 12.5 Å². The van der Waals surface area contributed by atoms with E-state index in [2.05, 4.69) is 16.0 Å². The Balaban J connectivity index is 5.08. The van der Waals surface area contributed by atoms with Crippen molar-refractivity contribution < 1.29 is 34.2 Å². The van der Waals surface area contributed by atoms with Gasteiger partial charge in [-0.05, 0) is 45.1 Å². The SMILES string of the molecule is CC(C)CC(NC(=O)C(C)NC(=O)C(CCCCN)NC(=O)C(N)CC(=O)O)C(=O)O. The zero-order valence-electron chi connectivity index (χ0n) is 18.2. The number of amides is 3. The zero-order chi connectivity index (χ0) is 24.1. The molecule has 0 fully saturated rings. The fourth-order valence-corrected chi connectivity index (χ4v) is 2.69. The number of carbonyl (C=O) groups is 5. The van der Waals surface area contributed by atoms with E-state index in [-0.39, 0.29) is 18.8 Å². The zero-order valence-corrected chi connectivity index (χ0v) is 18.2. The van der Waals surface area contributed by atoms with Crippen LogP contribution in [0, 0.1) is 5.92 Å². The van der Waals surface area contributed by atoms with Gasteiger partial charge in [-0.15, -0.1) is 0 Å². The number of aliphatic carboxylic acids is 2. The maximum Gasteiger partial charge on any atom is 0.326 e. The molecule has 12 heteroatoms. The Labute approximate surface area is 181 Å². The highest BCUT2D eigenvalue weighted by Crippen LogP contribution is 2.06. The van der Waals surface area contributed by atoms with E-state index in [0.29, 0.717) is 19.4 Å². The summed E-state index contributed by atoms with van der Waals surface area (Å²) >= 11 is 0. The second-order valence-corrected chi connectivity index (χ2v) is 7.81. The number of nitrogens with one attached hydrogen (secondary N) is 3. The summed E-state index contributed by atoms with van der Waals surface area (Å²) in [5, 5.41) is 25.2. The van der Waals surface area contributed by atoms with Gasteiger partial charge in [-0.2, -0.15) is 0 Å². The summed E-state index contributed by atoms with van der Waals surface area (Å²) in [7, 11) is 0. The van der Waals surface area contributed by atoms with E-state index in [4.69, 9.17) is 16.6 Å². The van der Waals surface area contributed by atoms with Crippen molar-refractivity contribution in [3.05, 3.63) is 0 Å². The maximum atomic E-state index is 12.6. The molecule has 0 saturated heterocycles. The van der Waals surface area contributed by atoms with Crippen LogP contribution in [0.3, 0.4) is 0 Å². The van der Waals surface area contributed by atoms with Crippen LogP contribution in [0.5, 0.6) is 0 Å². The summed E-state index contributed by atoms with van der Waals surface area (Å²) in [6.07, 6.45) is 0.911. The normalized spacial score (nSPS) is 14.8. The Morgan fingerprint density at radius 3 is 1.90 bits per heavy atom. The molecule has 4 atom stereocenters. The Kier molecular flexibility index (Phi) is 13.0. The number of rotatable bonds is 15. The predicted molar refractivity (Wildman–Crippen MR) is 112 cm³/mol. The highest BCUT2D eigenvalue weighted by atomic mass is 16.4. The molecule has 0 radical (unpaired) electrons. The van der Waals surface area contributed by atoms with Crippen LogP contribution < -0.4 is 27.4 Å². The molecule has 0 aromatic heterocycles. The van der Waals surface area contributed by atoms with Gasteiger partial charge in [0, 0.05) is 0 Å². The van der Waals surface area contributed by atoms with Gasteiger partial charge in [0.1, 0.15) is 18.1 Å².